The summed E-state index contributed by atoms with van der Waals surface area (Å²) in [4.78, 5) is 11.2. The fourth-order valence-electron chi connectivity index (χ4n) is 1.75. The van der Waals surface area contributed by atoms with Gasteiger partial charge in [-0.15, -0.1) is 0 Å². The molecule has 0 radical (unpaired) electrons. The summed E-state index contributed by atoms with van der Waals surface area (Å²) in [5, 5.41) is 9.08. The predicted octanol–water partition coefficient (Wildman–Crippen LogP) is 2.47. The van der Waals surface area contributed by atoms with Crippen molar-refractivity contribution < 1.29 is 18.3 Å². The Kier molecular flexibility index (Phi) is 6.16. The molecule has 0 aliphatic carbocycles. The first-order valence-corrected chi connectivity index (χ1v) is 8.48. The third-order valence-electron chi connectivity index (χ3n) is 2.75. The van der Waals surface area contributed by atoms with Gasteiger partial charge < -0.3 is 5.11 Å². The summed E-state index contributed by atoms with van der Waals surface area (Å²) in [6, 6.07) is 6.17. The van der Waals surface area contributed by atoms with E-state index in [1.54, 1.807) is 12.1 Å². The number of rotatable bonds is 7. The number of hydrogen-bond acceptors (Lipinski definition) is 3. The Morgan fingerprint density at radius 2 is 1.85 bits per heavy atom. The zero-order chi connectivity index (χ0) is 15.3. The van der Waals surface area contributed by atoms with E-state index < -0.39 is 21.9 Å². The Balaban J connectivity index is 2.75. The van der Waals surface area contributed by atoms with Crippen molar-refractivity contribution in [2.75, 3.05) is 6.54 Å². The Morgan fingerprint density at radius 3 is 2.30 bits per heavy atom. The molecule has 0 amide bonds. The van der Waals surface area contributed by atoms with Gasteiger partial charge in [0.05, 0.1) is 10.8 Å². The summed E-state index contributed by atoms with van der Waals surface area (Å²) >= 11 is 3.23. The zero-order valence-corrected chi connectivity index (χ0v) is 13.7. The van der Waals surface area contributed by atoms with Crippen molar-refractivity contribution in [3.63, 3.8) is 0 Å². The summed E-state index contributed by atoms with van der Waals surface area (Å²) in [7, 11) is -3.68. The highest BCUT2D eigenvalue weighted by molar-refractivity contribution is 9.10. The number of benzene rings is 1. The molecule has 0 heterocycles. The minimum absolute atomic E-state index is 0.105. The van der Waals surface area contributed by atoms with Crippen LogP contribution in [-0.4, -0.2) is 26.0 Å². The van der Waals surface area contributed by atoms with E-state index in [1.807, 2.05) is 13.8 Å². The van der Waals surface area contributed by atoms with E-state index in [2.05, 4.69) is 20.7 Å². The third kappa shape index (κ3) is 5.22. The molecule has 0 spiro atoms. The van der Waals surface area contributed by atoms with E-state index in [0.717, 1.165) is 4.47 Å². The van der Waals surface area contributed by atoms with E-state index in [-0.39, 0.29) is 17.4 Å². The van der Waals surface area contributed by atoms with Crippen LogP contribution in [0.5, 0.6) is 0 Å². The van der Waals surface area contributed by atoms with Crippen LogP contribution in [0.2, 0.25) is 0 Å². The maximum atomic E-state index is 12.0. The second-order valence-electron chi connectivity index (χ2n) is 4.97. The molecular weight excluding hydrogens is 346 g/mol. The molecule has 0 bridgehead atoms. The molecule has 0 saturated carbocycles. The van der Waals surface area contributed by atoms with Crippen molar-refractivity contribution in [2.45, 2.75) is 25.2 Å². The summed E-state index contributed by atoms with van der Waals surface area (Å²) in [5.41, 5.74) is 0. The van der Waals surface area contributed by atoms with E-state index in [1.165, 1.54) is 12.1 Å². The molecule has 1 aromatic rings. The lowest BCUT2D eigenvalue weighted by Gasteiger charge is -2.15. The molecule has 0 aliphatic heterocycles. The van der Waals surface area contributed by atoms with Crippen LogP contribution in [0.4, 0.5) is 0 Å². The van der Waals surface area contributed by atoms with Gasteiger partial charge >= 0.3 is 5.97 Å². The van der Waals surface area contributed by atoms with Crippen LogP contribution in [0, 0.1) is 11.8 Å². The molecule has 1 atom stereocenters. The number of halogens is 1. The molecule has 7 heteroatoms. The maximum absolute atomic E-state index is 12.0. The quantitative estimate of drug-likeness (QED) is 0.779. The molecular formula is C13H18BrNO4S. The molecule has 1 aromatic carbocycles. The van der Waals surface area contributed by atoms with Crippen molar-refractivity contribution in [3.8, 4) is 0 Å². The van der Waals surface area contributed by atoms with E-state index >= 15 is 0 Å². The highest BCUT2D eigenvalue weighted by atomic mass is 79.9. The van der Waals surface area contributed by atoms with E-state index in [4.69, 9.17) is 5.11 Å². The normalized spacial score (nSPS) is 13.4. The van der Waals surface area contributed by atoms with Crippen LogP contribution in [0.15, 0.2) is 33.6 Å². The maximum Gasteiger partial charge on any atom is 0.307 e. The van der Waals surface area contributed by atoms with Crippen LogP contribution in [0.1, 0.15) is 20.3 Å². The number of carbonyl (C=O) groups is 1. The molecule has 1 rings (SSSR count). The number of carboxylic acid groups (broad SMARTS) is 1. The second kappa shape index (κ2) is 7.19. The Bertz CT molecular complexity index is 554. The molecule has 5 nitrogen and oxygen atoms in total. The summed E-state index contributed by atoms with van der Waals surface area (Å²) in [6.45, 7) is 3.70. The summed E-state index contributed by atoms with van der Waals surface area (Å²) < 4.78 is 27.2. The number of carboxylic acids is 1. The monoisotopic (exact) mass is 363 g/mol. The highest BCUT2D eigenvalue weighted by Crippen LogP contribution is 2.16. The zero-order valence-electron chi connectivity index (χ0n) is 11.3. The minimum atomic E-state index is -3.68. The average Bonchev–Trinajstić information content (AvgIpc) is 2.34. The molecule has 2 N–H and O–H groups in total. The van der Waals surface area contributed by atoms with Gasteiger partial charge in [0.15, 0.2) is 0 Å². The fourth-order valence-corrected chi connectivity index (χ4v) is 3.09. The van der Waals surface area contributed by atoms with Crippen LogP contribution < -0.4 is 4.72 Å². The molecule has 0 aromatic heterocycles. The minimum Gasteiger partial charge on any atom is -0.481 e. The fraction of sp³-hybridized carbons (Fsp3) is 0.462. The highest BCUT2D eigenvalue weighted by Gasteiger charge is 2.22. The second-order valence-corrected chi connectivity index (χ2v) is 7.65. The van der Waals surface area contributed by atoms with Crippen LogP contribution in [0.3, 0.4) is 0 Å². The largest absolute Gasteiger partial charge is 0.481 e. The molecule has 0 saturated heterocycles. The van der Waals surface area contributed by atoms with Gasteiger partial charge in [0.2, 0.25) is 10.0 Å². The molecule has 0 fully saturated rings. The van der Waals surface area contributed by atoms with Crippen molar-refractivity contribution >= 4 is 31.9 Å². The Hall–Kier alpha value is -0.920. The van der Waals surface area contributed by atoms with Gasteiger partial charge in [-0.05, 0) is 36.6 Å². The van der Waals surface area contributed by atoms with Gasteiger partial charge in [0, 0.05) is 11.0 Å². The lowest BCUT2D eigenvalue weighted by Crippen LogP contribution is -2.33. The number of nitrogens with one attached hydrogen (secondary N) is 1. The summed E-state index contributed by atoms with van der Waals surface area (Å²) in [5.74, 6) is -1.52. The third-order valence-corrected chi connectivity index (χ3v) is 4.72. The van der Waals surface area contributed by atoms with Crippen molar-refractivity contribution in [1.82, 2.24) is 4.72 Å². The van der Waals surface area contributed by atoms with Gasteiger partial charge in [-0.3, -0.25) is 4.79 Å². The Morgan fingerprint density at radius 1 is 1.30 bits per heavy atom. The molecule has 1 unspecified atom stereocenters. The van der Waals surface area contributed by atoms with Gasteiger partial charge in [0.1, 0.15) is 0 Å². The number of aliphatic carboxylic acids is 1. The topological polar surface area (TPSA) is 83.5 Å². The Labute approximate surface area is 127 Å². The lowest BCUT2D eigenvalue weighted by molar-refractivity contribution is -0.142. The van der Waals surface area contributed by atoms with Crippen molar-refractivity contribution in [2.24, 2.45) is 11.8 Å². The predicted molar refractivity (Wildman–Crippen MR) is 79.9 cm³/mol. The SMILES string of the molecule is CC(C)CC(CNS(=O)(=O)c1ccc(Br)cc1)C(=O)O. The lowest BCUT2D eigenvalue weighted by atomic mass is 9.98. The van der Waals surface area contributed by atoms with Gasteiger partial charge in [-0.2, -0.15) is 0 Å². The van der Waals surface area contributed by atoms with Crippen LogP contribution in [0.25, 0.3) is 0 Å². The van der Waals surface area contributed by atoms with Gasteiger partial charge in [-0.1, -0.05) is 29.8 Å². The molecule has 0 aliphatic rings. The standard InChI is InChI=1S/C13H18BrNO4S/c1-9(2)7-10(13(16)17)8-15-20(18,19)12-5-3-11(14)4-6-12/h3-6,9-10,15H,7-8H2,1-2H3,(H,16,17). The van der Waals surface area contributed by atoms with E-state index in [0.29, 0.717) is 6.42 Å². The average molecular weight is 364 g/mol. The first kappa shape index (κ1) is 17.1. The van der Waals surface area contributed by atoms with Crippen LogP contribution >= 0.6 is 15.9 Å². The van der Waals surface area contributed by atoms with Crippen molar-refractivity contribution in [3.05, 3.63) is 28.7 Å². The number of hydrogen-bond donors (Lipinski definition) is 2. The van der Waals surface area contributed by atoms with Gasteiger partial charge in [-0.25, -0.2) is 13.1 Å². The molecule has 112 valence electrons. The summed E-state index contributed by atoms with van der Waals surface area (Å²) in [6.07, 6.45) is 0.429. The van der Waals surface area contributed by atoms with E-state index in [9.17, 15) is 13.2 Å². The molecule has 20 heavy (non-hydrogen) atoms. The number of sulfonamides is 1. The van der Waals surface area contributed by atoms with Crippen LogP contribution in [-0.2, 0) is 14.8 Å². The first-order valence-electron chi connectivity index (χ1n) is 6.20. The smallest absolute Gasteiger partial charge is 0.307 e. The van der Waals surface area contributed by atoms with Gasteiger partial charge in [0.25, 0.3) is 0 Å². The van der Waals surface area contributed by atoms with Crippen molar-refractivity contribution in [1.29, 1.82) is 0 Å². The first-order chi connectivity index (χ1) is 9.22.